The summed E-state index contributed by atoms with van der Waals surface area (Å²) in [7, 11) is 0. The molecule has 0 saturated carbocycles. The van der Waals surface area contributed by atoms with Gasteiger partial charge in [-0.2, -0.15) is 0 Å². The molecule has 0 saturated heterocycles. The fourth-order valence-corrected chi connectivity index (χ4v) is 2.58. The molecule has 118 valence electrons. The van der Waals surface area contributed by atoms with Gasteiger partial charge in [-0.05, 0) is 55.4 Å². The van der Waals surface area contributed by atoms with Gasteiger partial charge in [0.1, 0.15) is 0 Å². The minimum Gasteiger partial charge on any atom is -0.387 e. The Morgan fingerprint density at radius 1 is 1.14 bits per heavy atom. The van der Waals surface area contributed by atoms with E-state index in [-0.39, 0.29) is 5.91 Å². The topological polar surface area (TPSA) is 79.1 Å². The Morgan fingerprint density at radius 3 is 2.59 bits per heavy atom. The summed E-state index contributed by atoms with van der Waals surface area (Å²) in [5, 5.41) is 10.1. The van der Waals surface area contributed by atoms with E-state index in [4.69, 9.17) is 5.73 Å². The third-order valence-electron chi connectivity index (χ3n) is 3.82. The van der Waals surface area contributed by atoms with E-state index >= 15 is 0 Å². The highest BCUT2D eigenvalue weighted by molar-refractivity contribution is 5.73. The monoisotopic (exact) mass is 300 g/mol. The minimum absolute atomic E-state index is 0.230. The number of carbonyl (C=O) groups excluding carboxylic acids is 1. The lowest BCUT2D eigenvalue weighted by molar-refractivity contribution is -0.118. The Balaban J connectivity index is 1.79. The van der Waals surface area contributed by atoms with Crippen LogP contribution in [0.25, 0.3) is 0 Å². The number of nitrogens with two attached hydrogens (primary N) is 1. The van der Waals surface area contributed by atoms with Crippen LogP contribution in [0.2, 0.25) is 0 Å². The van der Waals surface area contributed by atoms with Crippen LogP contribution in [-0.2, 0) is 17.6 Å². The van der Waals surface area contributed by atoms with E-state index in [1.807, 2.05) is 18.3 Å². The summed E-state index contributed by atoms with van der Waals surface area (Å²) < 4.78 is 0. The molecule has 0 aliphatic heterocycles. The third kappa shape index (κ3) is 5.37. The van der Waals surface area contributed by atoms with E-state index in [0.717, 1.165) is 31.4 Å². The average molecular weight is 300 g/mol. The van der Waals surface area contributed by atoms with Crippen LogP contribution in [0.1, 0.15) is 48.6 Å². The highest BCUT2D eigenvalue weighted by atomic mass is 16.3. The summed E-state index contributed by atoms with van der Waals surface area (Å²) in [6, 6.07) is 12.2. The second-order valence-corrected chi connectivity index (χ2v) is 5.67. The van der Waals surface area contributed by atoms with Gasteiger partial charge in [-0.1, -0.05) is 24.3 Å². The first kappa shape index (κ1) is 16.3. The molecule has 1 unspecified atom stereocenters. The van der Waals surface area contributed by atoms with Crippen LogP contribution >= 0.6 is 0 Å². The maximum absolute atomic E-state index is 10.7. The SMILES string of the molecule is NC(=O)CCCCc1cccc(CCC(O)c2ccc[nH]2)c1. The average Bonchev–Trinajstić information content (AvgIpc) is 3.04. The van der Waals surface area contributed by atoms with Gasteiger partial charge in [-0.25, -0.2) is 0 Å². The Bertz CT molecular complexity index is 579. The van der Waals surface area contributed by atoms with Crippen molar-refractivity contribution >= 4 is 5.91 Å². The second kappa shape index (κ2) is 8.39. The Labute approximate surface area is 131 Å². The van der Waals surface area contributed by atoms with Gasteiger partial charge in [0.2, 0.25) is 5.91 Å². The van der Waals surface area contributed by atoms with E-state index < -0.39 is 6.10 Å². The predicted octanol–water partition coefficient (Wildman–Crippen LogP) is 2.88. The summed E-state index contributed by atoms with van der Waals surface area (Å²) in [6.45, 7) is 0. The van der Waals surface area contributed by atoms with Crippen LogP contribution < -0.4 is 5.73 Å². The Hall–Kier alpha value is -2.07. The van der Waals surface area contributed by atoms with Gasteiger partial charge in [-0.15, -0.1) is 0 Å². The molecule has 2 rings (SSSR count). The van der Waals surface area contributed by atoms with Crippen molar-refractivity contribution in [3.8, 4) is 0 Å². The van der Waals surface area contributed by atoms with Crippen LogP contribution in [0.15, 0.2) is 42.6 Å². The molecular weight excluding hydrogens is 276 g/mol. The molecule has 1 aromatic carbocycles. The molecule has 22 heavy (non-hydrogen) atoms. The van der Waals surface area contributed by atoms with Crippen molar-refractivity contribution in [3.05, 3.63) is 59.4 Å². The molecule has 0 aliphatic carbocycles. The number of carbonyl (C=O) groups is 1. The highest BCUT2D eigenvalue weighted by Crippen LogP contribution is 2.18. The molecule has 0 aliphatic rings. The molecule has 4 heteroatoms. The van der Waals surface area contributed by atoms with Gasteiger partial charge in [-0.3, -0.25) is 4.79 Å². The van der Waals surface area contributed by atoms with E-state index in [0.29, 0.717) is 12.8 Å². The number of hydrogen-bond acceptors (Lipinski definition) is 2. The molecule has 1 aromatic heterocycles. The number of rotatable bonds is 9. The number of aliphatic hydroxyl groups excluding tert-OH is 1. The smallest absolute Gasteiger partial charge is 0.217 e. The highest BCUT2D eigenvalue weighted by Gasteiger charge is 2.08. The molecule has 0 spiro atoms. The summed E-state index contributed by atoms with van der Waals surface area (Å²) in [4.78, 5) is 13.7. The molecule has 0 radical (unpaired) electrons. The maximum Gasteiger partial charge on any atom is 0.217 e. The lowest BCUT2D eigenvalue weighted by Crippen LogP contribution is -2.09. The predicted molar refractivity (Wildman–Crippen MR) is 87.3 cm³/mol. The number of aryl methyl sites for hydroxylation is 2. The number of hydrogen-bond donors (Lipinski definition) is 3. The summed E-state index contributed by atoms with van der Waals surface area (Å²) in [6.07, 6.45) is 6.14. The first-order valence-electron chi connectivity index (χ1n) is 7.82. The standard InChI is InChI=1S/C18H24N2O2/c19-18(22)9-2-1-5-14-6-3-7-15(13-14)10-11-17(21)16-8-4-12-20-16/h3-4,6-8,12-13,17,20-21H,1-2,5,9-11H2,(H2,19,22). The molecule has 1 heterocycles. The number of amides is 1. The van der Waals surface area contributed by atoms with Gasteiger partial charge in [0, 0.05) is 18.3 Å². The number of primary amides is 1. The van der Waals surface area contributed by atoms with Crippen molar-refractivity contribution in [2.45, 2.75) is 44.6 Å². The molecule has 0 bridgehead atoms. The molecule has 4 nitrogen and oxygen atoms in total. The fraction of sp³-hybridized carbons (Fsp3) is 0.389. The van der Waals surface area contributed by atoms with Crippen molar-refractivity contribution in [2.24, 2.45) is 5.73 Å². The van der Waals surface area contributed by atoms with Crippen molar-refractivity contribution < 1.29 is 9.90 Å². The van der Waals surface area contributed by atoms with E-state index in [1.54, 1.807) is 0 Å². The number of aromatic nitrogens is 1. The Kier molecular flexibility index (Phi) is 6.22. The van der Waals surface area contributed by atoms with Crippen LogP contribution in [0.4, 0.5) is 0 Å². The number of H-pyrrole nitrogens is 1. The maximum atomic E-state index is 10.7. The quantitative estimate of drug-likeness (QED) is 0.623. The van der Waals surface area contributed by atoms with Gasteiger partial charge in [0.05, 0.1) is 6.10 Å². The molecule has 1 atom stereocenters. The molecule has 4 N–H and O–H groups in total. The summed E-state index contributed by atoms with van der Waals surface area (Å²) >= 11 is 0. The molecular formula is C18H24N2O2. The largest absolute Gasteiger partial charge is 0.387 e. The summed E-state index contributed by atoms with van der Waals surface area (Å²) in [5.41, 5.74) is 8.51. The number of benzene rings is 1. The van der Waals surface area contributed by atoms with Gasteiger partial charge >= 0.3 is 0 Å². The van der Waals surface area contributed by atoms with Gasteiger partial charge < -0.3 is 15.8 Å². The first-order chi connectivity index (χ1) is 10.6. The van der Waals surface area contributed by atoms with Crippen LogP contribution in [-0.4, -0.2) is 16.0 Å². The first-order valence-corrected chi connectivity index (χ1v) is 7.82. The molecule has 1 amide bonds. The van der Waals surface area contributed by atoms with Crippen LogP contribution in [0, 0.1) is 0 Å². The molecule has 2 aromatic rings. The third-order valence-corrected chi connectivity index (χ3v) is 3.82. The van der Waals surface area contributed by atoms with Crippen molar-refractivity contribution in [1.82, 2.24) is 4.98 Å². The molecule has 0 fully saturated rings. The van der Waals surface area contributed by atoms with Crippen molar-refractivity contribution in [2.75, 3.05) is 0 Å². The zero-order valence-corrected chi connectivity index (χ0v) is 12.8. The number of aromatic amines is 1. The van der Waals surface area contributed by atoms with Gasteiger partial charge in [0.15, 0.2) is 0 Å². The zero-order valence-electron chi connectivity index (χ0n) is 12.8. The number of nitrogens with one attached hydrogen (secondary N) is 1. The lowest BCUT2D eigenvalue weighted by atomic mass is 10.0. The second-order valence-electron chi connectivity index (χ2n) is 5.67. The van der Waals surface area contributed by atoms with E-state index in [9.17, 15) is 9.90 Å². The van der Waals surface area contributed by atoms with Crippen molar-refractivity contribution in [3.63, 3.8) is 0 Å². The van der Waals surface area contributed by atoms with E-state index in [1.165, 1.54) is 11.1 Å². The van der Waals surface area contributed by atoms with Crippen LogP contribution in [0.5, 0.6) is 0 Å². The van der Waals surface area contributed by atoms with Crippen molar-refractivity contribution in [1.29, 1.82) is 0 Å². The Morgan fingerprint density at radius 2 is 1.91 bits per heavy atom. The number of unbranched alkanes of at least 4 members (excludes halogenated alkanes) is 1. The number of aliphatic hydroxyl groups is 1. The lowest BCUT2D eigenvalue weighted by Gasteiger charge is -2.10. The zero-order chi connectivity index (χ0) is 15.8. The van der Waals surface area contributed by atoms with Gasteiger partial charge in [0.25, 0.3) is 0 Å². The van der Waals surface area contributed by atoms with Crippen LogP contribution in [0.3, 0.4) is 0 Å². The summed E-state index contributed by atoms with van der Waals surface area (Å²) in [5.74, 6) is -0.230. The minimum atomic E-state index is -0.450. The normalized spacial score (nSPS) is 12.2. The fourth-order valence-electron chi connectivity index (χ4n) is 2.58. The van der Waals surface area contributed by atoms with E-state index in [2.05, 4.69) is 29.2 Å².